The smallest absolute Gasteiger partial charge is 0.292 e. The fraction of sp³-hybridized carbons (Fsp3) is 0.800. The predicted octanol–water partition coefficient (Wildman–Crippen LogP) is 2.14. The van der Waals surface area contributed by atoms with Gasteiger partial charge >= 0.3 is 6.36 Å². The minimum atomic E-state index is -4.48. The lowest BCUT2D eigenvalue weighted by atomic mass is 10.4. The van der Waals surface area contributed by atoms with Crippen LogP contribution in [0.3, 0.4) is 0 Å². The highest BCUT2D eigenvalue weighted by Crippen LogP contribution is 2.15. The molecule has 4 heteroatoms. The van der Waals surface area contributed by atoms with Gasteiger partial charge in [-0.3, -0.25) is 4.74 Å². The van der Waals surface area contributed by atoms with E-state index < -0.39 is 6.36 Å². The van der Waals surface area contributed by atoms with Crippen LogP contribution in [0, 0.1) is 6.42 Å². The van der Waals surface area contributed by atoms with Crippen LogP contribution < -0.4 is 0 Å². The second kappa shape index (κ2) is 3.71. The van der Waals surface area contributed by atoms with E-state index in [9.17, 15) is 13.2 Å². The normalized spacial score (nSPS) is 12.0. The molecule has 0 aromatic rings. The summed E-state index contributed by atoms with van der Waals surface area (Å²) >= 11 is 0. The Morgan fingerprint density at radius 3 is 2.33 bits per heavy atom. The van der Waals surface area contributed by atoms with Gasteiger partial charge in [0.15, 0.2) is 0 Å². The Balaban J connectivity index is 3.07. The molecule has 0 atom stereocenters. The Hall–Kier alpha value is -0.250. The molecule has 9 heavy (non-hydrogen) atoms. The highest BCUT2D eigenvalue weighted by Gasteiger charge is 2.28. The lowest BCUT2D eigenvalue weighted by Crippen LogP contribution is -2.14. The summed E-state index contributed by atoms with van der Waals surface area (Å²) in [5.74, 6) is 0. The van der Waals surface area contributed by atoms with Crippen molar-refractivity contribution in [3.05, 3.63) is 6.42 Å². The maximum Gasteiger partial charge on any atom is 0.522 e. The molecule has 0 aromatic heterocycles. The number of rotatable bonds is 3. The molecule has 1 radical (unpaired) electrons. The molecule has 0 aliphatic carbocycles. The van der Waals surface area contributed by atoms with Gasteiger partial charge in [-0.05, 0) is 6.42 Å². The van der Waals surface area contributed by atoms with Crippen LogP contribution in [0.4, 0.5) is 13.2 Å². The van der Waals surface area contributed by atoms with Crippen molar-refractivity contribution in [1.29, 1.82) is 0 Å². The van der Waals surface area contributed by atoms with E-state index in [0.29, 0.717) is 6.42 Å². The molecule has 0 saturated heterocycles. The van der Waals surface area contributed by atoms with Gasteiger partial charge in [-0.25, -0.2) is 0 Å². The average Bonchev–Trinajstić information content (AvgIpc) is 1.63. The van der Waals surface area contributed by atoms with E-state index in [1.807, 2.05) is 0 Å². The molecule has 0 saturated carbocycles. The van der Waals surface area contributed by atoms with Gasteiger partial charge in [-0.15, -0.1) is 13.2 Å². The van der Waals surface area contributed by atoms with Crippen molar-refractivity contribution in [1.82, 2.24) is 0 Å². The van der Waals surface area contributed by atoms with Crippen molar-refractivity contribution >= 4 is 0 Å². The van der Waals surface area contributed by atoms with E-state index in [2.05, 4.69) is 4.74 Å². The monoisotopic (exact) mass is 141 g/mol. The Morgan fingerprint density at radius 1 is 1.44 bits per heavy atom. The number of hydrogen-bond acceptors (Lipinski definition) is 1. The molecule has 0 bridgehead atoms. The Labute approximate surface area is 51.8 Å². The maximum absolute atomic E-state index is 11.1. The van der Waals surface area contributed by atoms with Gasteiger partial charge in [-0.2, -0.15) is 0 Å². The zero-order valence-corrected chi connectivity index (χ0v) is 5.03. The molecule has 0 N–H and O–H groups in total. The van der Waals surface area contributed by atoms with Crippen LogP contribution in [0.1, 0.15) is 13.3 Å². The number of ether oxygens (including phenoxy) is 1. The summed E-state index contributed by atoms with van der Waals surface area (Å²) in [4.78, 5) is 0. The highest BCUT2D eigenvalue weighted by molar-refractivity contribution is 4.58. The van der Waals surface area contributed by atoms with E-state index >= 15 is 0 Å². The van der Waals surface area contributed by atoms with Crippen LogP contribution in [0.2, 0.25) is 0 Å². The first kappa shape index (κ1) is 8.75. The van der Waals surface area contributed by atoms with Crippen molar-refractivity contribution in [3.63, 3.8) is 0 Å². The highest BCUT2D eigenvalue weighted by atomic mass is 19.4. The van der Waals surface area contributed by atoms with Crippen LogP contribution in [0.25, 0.3) is 0 Å². The standard InChI is InChI=1S/C5H8F3O/c1-2-3-4-9-5(6,7)8/h3H,2,4H2,1H3. The summed E-state index contributed by atoms with van der Waals surface area (Å²) in [5.41, 5.74) is 0. The molecule has 0 fully saturated rings. The molecule has 1 nitrogen and oxygen atoms in total. The van der Waals surface area contributed by atoms with Crippen molar-refractivity contribution in [2.24, 2.45) is 0 Å². The Bertz CT molecular complexity index is 69.1. The number of unbranched alkanes of at least 4 members (excludes halogenated alkanes) is 1. The van der Waals surface area contributed by atoms with E-state index in [0.717, 1.165) is 0 Å². The first-order chi connectivity index (χ1) is 4.06. The molecule has 0 amide bonds. The predicted molar refractivity (Wildman–Crippen MR) is 26.6 cm³/mol. The van der Waals surface area contributed by atoms with E-state index in [1.165, 1.54) is 6.42 Å². The molecule has 0 aliphatic rings. The lowest BCUT2D eigenvalue weighted by Gasteiger charge is -2.04. The molecule has 0 aliphatic heterocycles. The summed E-state index contributed by atoms with van der Waals surface area (Å²) in [6, 6.07) is 0. The molecule has 0 unspecified atom stereocenters. The number of hydrogen-bond donors (Lipinski definition) is 0. The first-order valence-electron chi connectivity index (χ1n) is 2.58. The quantitative estimate of drug-likeness (QED) is 0.547. The van der Waals surface area contributed by atoms with Gasteiger partial charge in [0, 0.05) is 0 Å². The average molecular weight is 141 g/mol. The first-order valence-corrected chi connectivity index (χ1v) is 2.58. The topological polar surface area (TPSA) is 9.23 Å². The fourth-order valence-electron chi connectivity index (χ4n) is 0.271. The van der Waals surface area contributed by atoms with Crippen LogP contribution in [-0.4, -0.2) is 13.0 Å². The van der Waals surface area contributed by atoms with Crippen LogP contribution in [-0.2, 0) is 4.74 Å². The second-order valence-electron chi connectivity index (χ2n) is 1.45. The van der Waals surface area contributed by atoms with Gasteiger partial charge in [0.2, 0.25) is 0 Å². The van der Waals surface area contributed by atoms with Crippen molar-refractivity contribution in [2.75, 3.05) is 6.61 Å². The Morgan fingerprint density at radius 2 is 2.00 bits per heavy atom. The molecular weight excluding hydrogens is 133 g/mol. The van der Waals surface area contributed by atoms with Crippen LogP contribution >= 0.6 is 0 Å². The summed E-state index contributed by atoms with van der Waals surface area (Å²) in [6.07, 6.45) is -2.48. The largest absolute Gasteiger partial charge is 0.522 e. The van der Waals surface area contributed by atoms with E-state index in [4.69, 9.17) is 0 Å². The lowest BCUT2D eigenvalue weighted by molar-refractivity contribution is -0.321. The molecule has 0 heterocycles. The minimum Gasteiger partial charge on any atom is -0.292 e. The maximum atomic E-state index is 11.1. The van der Waals surface area contributed by atoms with E-state index in [1.54, 1.807) is 6.92 Å². The Kier molecular flexibility index (Phi) is 3.61. The minimum absolute atomic E-state index is 0.347. The zero-order valence-electron chi connectivity index (χ0n) is 5.03. The summed E-state index contributed by atoms with van der Waals surface area (Å²) in [6.45, 7) is 1.40. The van der Waals surface area contributed by atoms with Crippen molar-refractivity contribution in [2.45, 2.75) is 19.7 Å². The second-order valence-corrected chi connectivity index (χ2v) is 1.45. The van der Waals surface area contributed by atoms with Crippen molar-refractivity contribution in [3.8, 4) is 0 Å². The SMILES string of the molecule is CC[CH]COC(F)(F)F. The molecule has 0 spiro atoms. The summed E-state index contributed by atoms with van der Waals surface area (Å²) in [7, 11) is 0. The van der Waals surface area contributed by atoms with Crippen molar-refractivity contribution < 1.29 is 17.9 Å². The van der Waals surface area contributed by atoms with Gasteiger partial charge in [-0.1, -0.05) is 13.3 Å². The van der Waals surface area contributed by atoms with Gasteiger partial charge in [0.1, 0.15) is 0 Å². The molecule has 55 valence electrons. The summed E-state index contributed by atoms with van der Waals surface area (Å²) in [5, 5.41) is 0. The molecule has 0 rings (SSSR count). The number of alkyl halides is 3. The van der Waals surface area contributed by atoms with Gasteiger partial charge < -0.3 is 0 Å². The molecular formula is C5H8F3O. The van der Waals surface area contributed by atoms with Crippen LogP contribution in [0.5, 0.6) is 0 Å². The zero-order chi connectivity index (χ0) is 7.33. The third-order valence-corrected chi connectivity index (χ3v) is 0.654. The van der Waals surface area contributed by atoms with Gasteiger partial charge in [0.05, 0.1) is 6.61 Å². The van der Waals surface area contributed by atoms with Gasteiger partial charge in [0.25, 0.3) is 0 Å². The molecule has 0 aromatic carbocycles. The van der Waals surface area contributed by atoms with E-state index in [-0.39, 0.29) is 6.61 Å². The van der Waals surface area contributed by atoms with Crippen LogP contribution in [0.15, 0.2) is 0 Å². The fourth-order valence-corrected chi connectivity index (χ4v) is 0.271. The third kappa shape index (κ3) is 7.75. The number of halogens is 3. The summed E-state index contributed by atoms with van der Waals surface area (Å²) < 4.78 is 36.8. The third-order valence-electron chi connectivity index (χ3n) is 0.654.